The van der Waals surface area contributed by atoms with Gasteiger partial charge < -0.3 is 24.3 Å². The van der Waals surface area contributed by atoms with E-state index in [1.807, 2.05) is 0 Å². The number of amides is 1. The van der Waals surface area contributed by atoms with E-state index in [9.17, 15) is 9.59 Å². The molecule has 0 spiro atoms. The van der Waals surface area contributed by atoms with Gasteiger partial charge in [-0.05, 0) is 30.3 Å². The van der Waals surface area contributed by atoms with Crippen LogP contribution in [0.2, 0.25) is 0 Å². The highest BCUT2D eigenvalue weighted by Gasteiger charge is 2.14. The number of hydrogen-bond donors (Lipinski definition) is 1. The maximum atomic E-state index is 12.6. The molecule has 0 bridgehead atoms. The second kappa shape index (κ2) is 9.66. The molecule has 9 nitrogen and oxygen atoms in total. The van der Waals surface area contributed by atoms with E-state index in [1.165, 1.54) is 27.4 Å². The van der Waals surface area contributed by atoms with Crippen molar-refractivity contribution in [2.45, 2.75) is 6.54 Å². The minimum absolute atomic E-state index is 0.277. The minimum Gasteiger partial charge on any atom is -0.497 e. The van der Waals surface area contributed by atoms with Gasteiger partial charge in [-0.1, -0.05) is 0 Å². The molecule has 0 aliphatic carbocycles. The van der Waals surface area contributed by atoms with Crippen LogP contribution < -0.4 is 29.8 Å². The van der Waals surface area contributed by atoms with Crippen LogP contribution in [-0.2, 0) is 11.3 Å². The van der Waals surface area contributed by atoms with Crippen molar-refractivity contribution in [3.8, 4) is 34.3 Å². The van der Waals surface area contributed by atoms with Crippen molar-refractivity contribution in [3.63, 3.8) is 0 Å². The SMILES string of the molecule is COc1ccc(NC(=O)Cn2nc(-c3ccc(OC)cc3OC)ccc2=O)c(OC)c1. The van der Waals surface area contributed by atoms with Gasteiger partial charge in [0.15, 0.2) is 0 Å². The average molecular weight is 425 g/mol. The van der Waals surface area contributed by atoms with E-state index in [2.05, 4.69) is 10.4 Å². The summed E-state index contributed by atoms with van der Waals surface area (Å²) in [5.41, 5.74) is 1.19. The first-order chi connectivity index (χ1) is 15.0. The van der Waals surface area contributed by atoms with E-state index < -0.39 is 11.5 Å². The number of benzene rings is 2. The Morgan fingerprint density at radius 1 is 0.871 bits per heavy atom. The summed E-state index contributed by atoms with van der Waals surface area (Å²) in [6.45, 7) is -0.277. The lowest BCUT2D eigenvalue weighted by molar-refractivity contribution is -0.117. The van der Waals surface area contributed by atoms with Crippen LogP contribution in [0.5, 0.6) is 23.0 Å². The van der Waals surface area contributed by atoms with Crippen molar-refractivity contribution in [3.05, 3.63) is 58.9 Å². The van der Waals surface area contributed by atoms with Crippen LogP contribution in [0.25, 0.3) is 11.3 Å². The van der Waals surface area contributed by atoms with Crippen molar-refractivity contribution in [2.24, 2.45) is 0 Å². The number of rotatable bonds is 8. The van der Waals surface area contributed by atoms with Crippen LogP contribution >= 0.6 is 0 Å². The number of anilines is 1. The maximum Gasteiger partial charge on any atom is 0.267 e. The number of nitrogens with one attached hydrogen (secondary N) is 1. The molecule has 2 aromatic carbocycles. The third-order valence-corrected chi connectivity index (χ3v) is 4.53. The molecule has 162 valence electrons. The van der Waals surface area contributed by atoms with Gasteiger partial charge in [-0.2, -0.15) is 5.10 Å². The van der Waals surface area contributed by atoms with Crippen LogP contribution in [0.3, 0.4) is 0 Å². The van der Waals surface area contributed by atoms with E-state index in [1.54, 1.807) is 49.6 Å². The van der Waals surface area contributed by atoms with Gasteiger partial charge in [0, 0.05) is 23.8 Å². The second-order valence-electron chi connectivity index (χ2n) is 6.40. The Kier molecular flexibility index (Phi) is 6.76. The van der Waals surface area contributed by atoms with Gasteiger partial charge in [0.2, 0.25) is 5.91 Å². The molecule has 0 atom stereocenters. The van der Waals surface area contributed by atoms with E-state index in [4.69, 9.17) is 18.9 Å². The summed E-state index contributed by atoms with van der Waals surface area (Å²) in [5, 5.41) is 7.05. The van der Waals surface area contributed by atoms with Gasteiger partial charge in [0.1, 0.15) is 29.5 Å². The van der Waals surface area contributed by atoms with Gasteiger partial charge in [-0.15, -0.1) is 0 Å². The molecule has 9 heteroatoms. The zero-order valence-electron chi connectivity index (χ0n) is 17.7. The lowest BCUT2D eigenvalue weighted by Gasteiger charge is -2.13. The molecule has 3 rings (SSSR count). The van der Waals surface area contributed by atoms with Crippen LogP contribution in [-0.4, -0.2) is 44.1 Å². The molecule has 0 saturated heterocycles. The van der Waals surface area contributed by atoms with Gasteiger partial charge in [0.05, 0.1) is 39.8 Å². The highest BCUT2D eigenvalue weighted by atomic mass is 16.5. The zero-order valence-corrected chi connectivity index (χ0v) is 17.7. The number of carbonyl (C=O) groups excluding carboxylic acids is 1. The summed E-state index contributed by atoms with van der Waals surface area (Å²) in [6, 6.07) is 13.2. The summed E-state index contributed by atoms with van der Waals surface area (Å²) >= 11 is 0. The largest absolute Gasteiger partial charge is 0.497 e. The molecular weight excluding hydrogens is 402 g/mol. The fraction of sp³-hybridized carbons (Fsp3) is 0.227. The summed E-state index contributed by atoms with van der Waals surface area (Å²) in [4.78, 5) is 24.9. The molecule has 1 heterocycles. The lowest BCUT2D eigenvalue weighted by atomic mass is 10.1. The summed E-state index contributed by atoms with van der Waals surface area (Å²) < 4.78 is 22.1. The number of carbonyl (C=O) groups is 1. The van der Waals surface area contributed by atoms with Crippen molar-refractivity contribution in [1.82, 2.24) is 9.78 Å². The fourth-order valence-electron chi connectivity index (χ4n) is 2.94. The first-order valence-electron chi connectivity index (χ1n) is 9.31. The van der Waals surface area contributed by atoms with Gasteiger partial charge >= 0.3 is 0 Å². The van der Waals surface area contributed by atoms with Crippen LogP contribution in [0.4, 0.5) is 5.69 Å². The Morgan fingerprint density at radius 2 is 1.52 bits per heavy atom. The van der Waals surface area contributed by atoms with Gasteiger partial charge in [-0.3, -0.25) is 9.59 Å². The molecule has 1 aromatic heterocycles. The fourth-order valence-corrected chi connectivity index (χ4v) is 2.94. The highest BCUT2D eigenvalue weighted by molar-refractivity contribution is 5.92. The van der Waals surface area contributed by atoms with E-state index in [-0.39, 0.29) is 6.54 Å². The predicted octanol–water partition coefficient (Wildman–Crippen LogP) is 2.58. The van der Waals surface area contributed by atoms with Crippen molar-refractivity contribution in [1.29, 1.82) is 0 Å². The summed E-state index contributed by atoms with van der Waals surface area (Å²) in [7, 11) is 6.12. The van der Waals surface area contributed by atoms with Crippen LogP contribution in [0, 0.1) is 0 Å². The molecular formula is C22H23N3O6. The molecule has 0 fully saturated rings. The first kappa shape index (κ1) is 21.7. The summed E-state index contributed by atoms with van der Waals surface area (Å²) in [5.74, 6) is 1.75. The third-order valence-electron chi connectivity index (χ3n) is 4.53. The molecule has 1 N–H and O–H groups in total. The van der Waals surface area contributed by atoms with E-state index >= 15 is 0 Å². The second-order valence-corrected chi connectivity index (χ2v) is 6.40. The topological polar surface area (TPSA) is 101 Å². The third kappa shape index (κ3) is 4.95. The van der Waals surface area contributed by atoms with E-state index in [0.717, 1.165) is 4.68 Å². The van der Waals surface area contributed by atoms with E-state index in [0.29, 0.717) is 39.9 Å². The summed E-state index contributed by atoms with van der Waals surface area (Å²) in [6.07, 6.45) is 0. The number of hydrogen-bond acceptors (Lipinski definition) is 7. The van der Waals surface area contributed by atoms with Crippen molar-refractivity contribution >= 4 is 11.6 Å². The molecule has 1 amide bonds. The molecule has 31 heavy (non-hydrogen) atoms. The predicted molar refractivity (Wildman–Crippen MR) is 115 cm³/mol. The molecule has 0 unspecified atom stereocenters. The zero-order chi connectivity index (χ0) is 22.4. The van der Waals surface area contributed by atoms with Gasteiger partial charge in [0.25, 0.3) is 5.56 Å². The van der Waals surface area contributed by atoms with Crippen molar-refractivity contribution < 1.29 is 23.7 Å². The minimum atomic E-state index is -0.433. The maximum absolute atomic E-state index is 12.6. The molecule has 0 saturated carbocycles. The van der Waals surface area contributed by atoms with Gasteiger partial charge in [-0.25, -0.2) is 4.68 Å². The number of nitrogens with zero attached hydrogens (tertiary/aromatic N) is 2. The highest BCUT2D eigenvalue weighted by Crippen LogP contribution is 2.32. The normalized spacial score (nSPS) is 10.3. The average Bonchev–Trinajstić information content (AvgIpc) is 2.80. The van der Waals surface area contributed by atoms with Crippen LogP contribution in [0.15, 0.2) is 53.3 Å². The number of aromatic nitrogens is 2. The lowest BCUT2D eigenvalue weighted by Crippen LogP contribution is -2.29. The molecule has 3 aromatic rings. The first-order valence-corrected chi connectivity index (χ1v) is 9.31. The Balaban J connectivity index is 1.85. The van der Waals surface area contributed by atoms with Crippen LogP contribution in [0.1, 0.15) is 0 Å². The van der Waals surface area contributed by atoms with Crippen molar-refractivity contribution in [2.75, 3.05) is 33.8 Å². The Hall–Kier alpha value is -4.01. The molecule has 0 aliphatic rings. The number of ether oxygens (including phenoxy) is 4. The molecule has 0 radical (unpaired) electrons. The smallest absolute Gasteiger partial charge is 0.267 e. The Bertz CT molecular complexity index is 1140. The monoisotopic (exact) mass is 425 g/mol. The molecule has 0 aliphatic heterocycles. The quantitative estimate of drug-likeness (QED) is 0.592. The standard InChI is InChI=1S/C22H23N3O6/c1-28-14-5-7-16(19(11-14)30-3)17-9-10-22(27)25(24-17)13-21(26)23-18-8-6-15(29-2)12-20(18)31-4/h5-12H,13H2,1-4H3,(H,23,26). The Labute approximate surface area is 179 Å². The Morgan fingerprint density at radius 3 is 2.16 bits per heavy atom. The number of methoxy groups -OCH3 is 4.